The van der Waals surface area contributed by atoms with Crippen molar-refractivity contribution in [3.05, 3.63) is 52.5 Å². The Hall–Kier alpha value is -2.23. The number of furan rings is 1. The minimum Gasteiger partial charge on any atom is -0.463 e. The molecule has 0 amide bonds. The first-order valence-corrected chi connectivity index (χ1v) is 6.50. The summed E-state index contributed by atoms with van der Waals surface area (Å²) in [7, 11) is 1.34. The van der Waals surface area contributed by atoms with Gasteiger partial charge in [-0.15, -0.1) is 0 Å². The summed E-state index contributed by atoms with van der Waals surface area (Å²) in [6, 6.07) is 7.67. The number of anilines is 1. The van der Waals surface area contributed by atoms with Crippen molar-refractivity contribution < 1.29 is 13.9 Å². The van der Waals surface area contributed by atoms with Gasteiger partial charge in [0.2, 0.25) is 5.76 Å². The van der Waals surface area contributed by atoms with Crippen molar-refractivity contribution in [2.75, 3.05) is 12.4 Å². The van der Waals surface area contributed by atoms with Crippen LogP contribution in [-0.4, -0.2) is 13.1 Å². The first-order chi connectivity index (χ1) is 9.51. The number of hydrogen-bond acceptors (Lipinski definition) is 4. The minimum atomic E-state index is -0.459. The second-order valence-electron chi connectivity index (χ2n) is 4.88. The van der Waals surface area contributed by atoms with E-state index in [2.05, 4.69) is 43.0 Å². The molecule has 1 aromatic heterocycles. The summed E-state index contributed by atoms with van der Waals surface area (Å²) >= 11 is 0. The maximum Gasteiger partial charge on any atom is 0.373 e. The van der Waals surface area contributed by atoms with Gasteiger partial charge in [0.05, 0.1) is 13.7 Å². The first kappa shape index (κ1) is 14.2. The molecule has 0 aliphatic heterocycles. The van der Waals surface area contributed by atoms with E-state index in [4.69, 9.17) is 4.42 Å². The van der Waals surface area contributed by atoms with Crippen molar-refractivity contribution in [3.8, 4) is 0 Å². The quantitative estimate of drug-likeness (QED) is 0.865. The molecule has 106 valence electrons. The molecule has 2 rings (SSSR count). The van der Waals surface area contributed by atoms with Gasteiger partial charge in [0.1, 0.15) is 5.76 Å². The van der Waals surface area contributed by atoms with E-state index >= 15 is 0 Å². The fraction of sp³-hybridized carbons (Fsp3) is 0.312. The Labute approximate surface area is 118 Å². The van der Waals surface area contributed by atoms with Crippen molar-refractivity contribution in [2.24, 2.45) is 0 Å². The molecule has 4 nitrogen and oxygen atoms in total. The van der Waals surface area contributed by atoms with Gasteiger partial charge in [0, 0.05) is 5.69 Å². The van der Waals surface area contributed by atoms with Crippen LogP contribution in [0.25, 0.3) is 0 Å². The molecule has 0 saturated heterocycles. The Morgan fingerprint density at radius 2 is 1.85 bits per heavy atom. The van der Waals surface area contributed by atoms with Crippen molar-refractivity contribution >= 4 is 11.7 Å². The molecule has 1 heterocycles. The van der Waals surface area contributed by atoms with E-state index in [1.165, 1.54) is 23.8 Å². The van der Waals surface area contributed by atoms with Crippen molar-refractivity contribution in [1.29, 1.82) is 0 Å². The monoisotopic (exact) mass is 273 g/mol. The zero-order valence-electron chi connectivity index (χ0n) is 12.2. The molecule has 4 heteroatoms. The summed E-state index contributed by atoms with van der Waals surface area (Å²) in [5, 5.41) is 3.35. The topological polar surface area (TPSA) is 51.5 Å². The van der Waals surface area contributed by atoms with E-state index in [-0.39, 0.29) is 5.76 Å². The Bertz CT molecular complexity index is 605. The van der Waals surface area contributed by atoms with Gasteiger partial charge in [0.15, 0.2) is 0 Å². The number of benzene rings is 1. The van der Waals surface area contributed by atoms with E-state index in [0.717, 1.165) is 5.69 Å². The lowest BCUT2D eigenvalue weighted by Gasteiger charge is -2.12. The third-order valence-electron chi connectivity index (χ3n) is 3.16. The molecule has 0 atom stereocenters. The van der Waals surface area contributed by atoms with Crippen LogP contribution in [0.3, 0.4) is 0 Å². The van der Waals surface area contributed by atoms with Crippen LogP contribution in [0.1, 0.15) is 33.0 Å². The predicted molar refractivity (Wildman–Crippen MR) is 78.0 cm³/mol. The van der Waals surface area contributed by atoms with Gasteiger partial charge in [0.25, 0.3) is 0 Å². The average molecular weight is 273 g/mol. The molecule has 0 unspecified atom stereocenters. The van der Waals surface area contributed by atoms with E-state index < -0.39 is 5.97 Å². The Balaban J connectivity index is 2.09. The molecule has 0 bridgehead atoms. The second-order valence-corrected chi connectivity index (χ2v) is 4.88. The number of nitrogens with one attached hydrogen (secondary N) is 1. The largest absolute Gasteiger partial charge is 0.463 e. The van der Waals surface area contributed by atoms with E-state index in [0.29, 0.717) is 12.3 Å². The van der Waals surface area contributed by atoms with Crippen molar-refractivity contribution in [2.45, 2.75) is 27.3 Å². The summed E-state index contributed by atoms with van der Waals surface area (Å²) in [5.74, 6) is 0.463. The lowest BCUT2D eigenvalue weighted by molar-refractivity contribution is 0.0563. The number of methoxy groups -OCH3 is 1. The number of carbonyl (C=O) groups is 1. The predicted octanol–water partition coefficient (Wildman–Crippen LogP) is 3.60. The number of esters is 1. The van der Waals surface area contributed by atoms with Crippen LogP contribution in [0.2, 0.25) is 0 Å². The van der Waals surface area contributed by atoms with E-state index in [9.17, 15) is 4.79 Å². The number of hydrogen-bond donors (Lipinski definition) is 1. The van der Waals surface area contributed by atoms with Gasteiger partial charge in [-0.3, -0.25) is 0 Å². The van der Waals surface area contributed by atoms with Gasteiger partial charge in [-0.25, -0.2) is 4.79 Å². The maximum atomic E-state index is 11.3. The third kappa shape index (κ3) is 3.02. The van der Waals surface area contributed by atoms with E-state index in [1.54, 1.807) is 12.1 Å². The standard InChI is InChI=1S/C16H19NO3/c1-10-7-11(2)15(12(3)8-10)17-9-13-5-6-14(20-13)16(18)19-4/h5-8,17H,9H2,1-4H3. The highest BCUT2D eigenvalue weighted by atomic mass is 16.5. The Kier molecular flexibility index (Phi) is 4.13. The number of carbonyl (C=O) groups excluding carboxylic acids is 1. The first-order valence-electron chi connectivity index (χ1n) is 6.50. The van der Waals surface area contributed by atoms with Crippen LogP contribution in [0, 0.1) is 20.8 Å². The molecule has 0 spiro atoms. The molecule has 1 N–H and O–H groups in total. The zero-order chi connectivity index (χ0) is 14.7. The SMILES string of the molecule is COC(=O)c1ccc(CNc2c(C)cc(C)cc2C)o1. The number of rotatable bonds is 4. The summed E-state index contributed by atoms with van der Waals surface area (Å²) in [6.45, 7) is 6.76. The van der Waals surface area contributed by atoms with Gasteiger partial charge in [-0.2, -0.15) is 0 Å². The van der Waals surface area contributed by atoms with Gasteiger partial charge in [-0.05, 0) is 44.0 Å². The van der Waals surface area contributed by atoms with E-state index in [1.807, 2.05) is 0 Å². The van der Waals surface area contributed by atoms with Crippen LogP contribution in [0.15, 0.2) is 28.7 Å². The lowest BCUT2D eigenvalue weighted by Crippen LogP contribution is -2.03. The van der Waals surface area contributed by atoms with Crippen molar-refractivity contribution in [3.63, 3.8) is 0 Å². The fourth-order valence-corrected chi connectivity index (χ4v) is 2.32. The lowest BCUT2D eigenvalue weighted by atomic mass is 10.1. The summed E-state index contributed by atoms with van der Waals surface area (Å²) < 4.78 is 10.0. The maximum absolute atomic E-state index is 11.3. The zero-order valence-corrected chi connectivity index (χ0v) is 12.2. The Morgan fingerprint density at radius 1 is 1.20 bits per heavy atom. The van der Waals surface area contributed by atoms with Crippen LogP contribution in [0.4, 0.5) is 5.69 Å². The summed E-state index contributed by atoms with van der Waals surface area (Å²) in [6.07, 6.45) is 0. The molecule has 1 aromatic carbocycles. The average Bonchev–Trinajstić information content (AvgIpc) is 2.85. The number of aryl methyl sites for hydroxylation is 3. The highest BCUT2D eigenvalue weighted by molar-refractivity contribution is 5.86. The molecule has 0 aliphatic rings. The van der Waals surface area contributed by atoms with Gasteiger partial charge < -0.3 is 14.5 Å². The van der Waals surface area contributed by atoms with Gasteiger partial charge >= 0.3 is 5.97 Å². The van der Waals surface area contributed by atoms with Crippen LogP contribution >= 0.6 is 0 Å². The molecular formula is C16H19NO3. The molecule has 0 radical (unpaired) electrons. The smallest absolute Gasteiger partial charge is 0.373 e. The summed E-state index contributed by atoms with van der Waals surface area (Å²) in [5.41, 5.74) is 4.74. The number of ether oxygens (including phenoxy) is 1. The Morgan fingerprint density at radius 3 is 2.45 bits per heavy atom. The summed E-state index contributed by atoms with van der Waals surface area (Å²) in [4.78, 5) is 11.3. The normalized spacial score (nSPS) is 10.4. The van der Waals surface area contributed by atoms with Crippen LogP contribution < -0.4 is 5.32 Å². The van der Waals surface area contributed by atoms with Crippen molar-refractivity contribution in [1.82, 2.24) is 0 Å². The fourth-order valence-electron chi connectivity index (χ4n) is 2.32. The molecule has 20 heavy (non-hydrogen) atoms. The molecule has 0 saturated carbocycles. The molecular weight excluding hydrogens is 254 g/mol. The van der Waals surface area contributed by atoms with Crippen LogP contribution in [-0.2, 0) is 11.3 Å². The second kappa shape index (κ2) is 5.82. The molecule has 2 aromatic rings. The molecule has 0 aliphatic carbocycles. The van der Waals surface area contributed by atoms with Gasteiger partial charge in [-0.1, -0.05) is 17.7 Å². The minimum absolute atomic E-state index is 0.224. The molecule has 0 fully saturated rings. The third-order valence-corrected chi connectivity index (χ3v) is 3.16. The highest BCUT2D eigenvalue weighted by Crippen LogP contribution is 2.23. The van der Waals surface area contributed by atoms with Crippen LogP contribution in [0.5, 0.6) is 0 Å². The highest BCUT2D eigenvalue weighted by Gasteiger charge is 2.11.